The lowest BCUT2D eigenvalue weighted by atomic mass is 9.96. The Morgan fingerprint density at radius 1 is 1.24 bits per heavy atom. The number of hydrogen-bond acceptors (Lipinski definition) is 6. The van der Waals surface area contributed by atoms with Crippen molar-refractivity contribution in [3.8, 4) is 0 Å². The zero-order valence-corrected chi connectivity index (χ0v) is 15.4. The molecule has 1 aromatic rings. The number of hydrogen-bond donors (Lipinski definition) is 1. The number of likely N-dealkylation sites (tertiary alicyclic amines) is 1. The van der Waals surface area contributed by atoms with E-state index in [4.69, 9.17) is 9.26 Å². The summed E-state index contributed by atoms with van der Waals surface area (Å²) in [5, 5.41) is 13.6. The van der Waals surface area contributed by atoms with Gasteiger partial charge in [-0.3, -0.25) is 9.69 Å². The van der Waals surface area contributed by atoms with Crippen LogP contribution >= 0.6 is 0 Å². The van der Waals surface area contributed by atoms with Gasteiger partial charge in [0.15, 0.2) is 0 Å². The SMILES string of the molecule is Cc1cc(CC(=O)N2CC(CO)C(CN3CC(C)OC(C)C3)C2)on1. The average Bonchev–Trinajstić information content (AvgIpc) is 3.12. The van der Waals surface area contributed by atoms with Crippen LogP contribution in [-0.2, 0) is 16.0 Å². The molecule has 7 nitrogen and oxygen atoms in total. The molecule has 1 aromatic heterocycles. The monoisotopic (exact) mass is 351 g/mol. The predicted molar refractivity (Wildman–Crippen MR) is 92.0 cm³/mol. The van der Waals surface area contributed by atoms with Gasteiger partial charge in [0.2, 0.25) is 5.91 Å². The second-order valence-corrected chi connectivity index (χ2v) is 7.59. The first kappa shape index (κ1) is 18.4. The largest absolute Gasteiger partial charge is 0.396 e. The van der Waals surface area contributed by atoms with Crippen LogP contribution in [0.15, 0.2) is 10.6 Å². The Bertz CT molecular complexity index is 581. The van der Waals surface area contributed by atoms with Crippen molar-refractivity contribution in [3.63, 3.8) is 0 Å². The summed E-state index contributed by atoms with van der Waals surface area (Å²) in [7, 11) is 0. The molecule has 0 radical (unpaired) electrons. The van der Waals surface area contributed by atoms with Crippen molar-refractivity contribution in [1.29, 1.82) is 0 Å². The van der Waals surface area contributed by atoms with E-state index in [0.717, 1.165) is 25.3 Å². The van der Waals surface area contributed by atoms with Gasteiger partial charge < -0.3 is 19.3 Å². The molecule has 1 amide bonds. The Hall–Kier alpha value is -1.44. The van der Waals surface area contributed by atoms with Crippen molar-refractivity contribution in [1.82, 2.24) is 15.0 Å². The second kappa shape index (κ2) is 7.85. The Morgan fingerprint density at radius 2 is 1.92 bits per heavy atom. The first-order chi connectivity index (χ1) is 11.9. The third-order valence-electron chi connectivity index (χ3n) is 5.15. The normalized spacial score (nSPS) is 30.8. The van der Waals surface area contributed by atoms with Crippen LogP contribution in [0, 0.1) is 18.8 Å². The third-order valence-corrected chi connectivity index (χ3v) is 5.15. The van der Waals surface area contributed by atoms with Crippen LogP contribution in [0.4, 0.5) is 0 Å². The topological polar surface area (TPSA) is 79.0 Å². The molecule has 2 fully saturated rings. The Kier molecular flexibility index (Phi) is 5.76. The van der Waals surface area contributed by atoms with E-state index < -0.39 is 0 Å². The van der Waals surface area contributed by atoms with E-state index >= 15 is 0 Å². The van der Waals surface area contributed by atoms with E-state index in [9.17, 15) is 9.90 Å². The van der Waals surface area contributed by atoms with Crippen LogP contribution in [0.2, 0.25) is 0 Å². The summed E-state index contributed by atoms with van der Waals surface area (Å²) in [6.07, 6.45) is 0.687. The molecule has 3 heterocycles. The summed E-state index contributed by atoms with van der Waals surface area (Å²) in [5.41, 5.74) is 0.783. The van der Waals surface area contributed by atoms with Crippen LogP contribution < -0.4 is 0 Å². The van der Waals surface area contributed by atoms with Gasteiger partial charge in [-0.15, -0.1) is 0 Å². The fourth-order valence-electron chi connectivity index (χ4n) is 4.08. The van der Waals surface area contributed by atoms with Gasteiger partial charge >= 0.3 is 0 Å². The third kappa shape index (κ3) is 4.59. The number of aryl methyl sites for hydroxylation is 1. The molecule has 2 aliphatic heterocycles. The number of ether oxygens (including phenoxy) is 1. The van der Waals surface area contributed by atoms with Crippen LogP contribution in [0.3, 0.4) is 0 Å². The number of carbonyl (C=O) groups excluding carboxylic acids is 1. The maximum Gasteiger partial charge on any atom is 0.230 e. The highest BCUT2D eigenvalue weighted by molar-refractivity contribution is 5.78. The molecule has 7 heteroatoms. The molecule has 1 N–H and O–H groups in total. The van der Waals surface area contributed by atoms with Gasteiger partial charge in [-0.2, -0.15) is 0 Å². The molecule has 25 heavy (non-hydrogen) atoms. The molecule has 0 aromatic carbocycles. The van der Waals surface area contributed by atoms with E-state index in [0.29, 0.717) is 24.8 Å². The molecular weight excluding hydrogens is 322 g/mol. The van der Waals surface area contributed by atoms with Gasteiger partial charge in [0.25, 0.3) is 0 Å². The van der Waals surface area contributed by atoms with Gasteiger partial charge in [-0.25, -0.2) is 0 Å². The summed E-state index contributed by atoms with van der Waals surface area (Å²) in [5.74, 6) is 1.07. The Balaban J connectivity index is 1.57. The minimum absolute atomic E-state index is 0.0424. The van der Waals surface area contributed by atoms with Crippen LogP contribution in [-0.4, -0.2) is 77.5 Å². The highest BCUT2D eigenvalue weighted by atomic mass is 16.5. The van der Waals surface area contributed by atoms with Gasteiger partial charge in [-0.1, -0.05) is 5.16 Å². The highest BCUT2D eigenvalue weighted by Crippen LogP contribution is 2.26. The van der Waals surface area contributed by atoms with E-state index in [1.165, 1.54) is 0 Å². The summed E-state index contributed by atoms with van der Waals surface area (Å²) in [6.45, 7) is 10.2. The number of morpholine rings is 1. The van der Waals surface area contributed by atoms with Crippen molar-refractivity contribution in [2.45, 2.75) is 39.4 Å². The molecule has 140 valence electrons. The Morgan fingerprint density at radius 3 is 2.52 bits per heavy atom. The van der Waals surface area contributed by atoms with Crippen LogP contribution in [0.5, 0.6) is 0 Å². The molecule has 4 unspecified atom stereocenters. The molecule has 0 spiro atoms. The molecular formula is C18H29N3O4. The first-order valence-electron chi connectivity index (χ1n) is 9.13. The summed E-state index contributed by atoms with van der Waals surface area (Å²) >= 11 is 0. The van der Waals surface area contributed by atoms with Crippen molar-refractivity contribution in [3.05, 3.63) is 17.5 Å². The van der Waals surface area contributed by atoms with Crippen molar-refractivity contribution < 1.29 is 19.2 Å². The number of aliphatic hydroxyl groups is 1. The molecule has 4 atom stereocenters. The van der Waals surface area contributed by atoms with E-state index in [1.54, 1.807) is 6.07 Å². The second-order valence-electron chi connectivity index (χ2n) is 7.59. The molecule has 0 aliphatic carbocycles. The summed E-state index contributed by atoms with van der Waals surface area (Å²) < 4.78 is 10.9. The molecule has 0 saturated carbocycles. The van der Waals surface area contributed by atoms with E-state index in [-0.39, 0.29) is 37.1 Å². The minimum Gasteiger partial charge on any atom is -0.396 e. The number of aliphatic hydroxyl groups excluding tert-OH is 1. The van der Waals surface area contributed by atoms with E-state index in [2.05, 4.69) is 23.9 Å². The molecule has 2 saturated heterocycles. The lowest BCUT2D eigenvalue weighted by molar-refractivity contribution is -0.130. The zero-order chi connectivity index (χ0) is 18.0. The number of rotatable bonds is 5. The Labute approximate surface area is 148 Å². The van der Waals surface area contributed by atoms with Crippen molar-refractivity contribution in [2.75, 3.05) is 39.3 Å². The quantitative estimate of drug-likeness (QED) is 0.841. The summed E-state index contributed by atoms with van der Waals surface area (Å²) in [4.78, 5) is 16.8. The van der Waals surface area contributed by atoms with Crippen LogP contribution in [0.25, 0.3) is 0 Å². The standard InChI is InChI=1S/C18H29N3O4/c1-12-4-17(25-19-12)5-18(23)21-9-15(16(10-21)11-22)8-20-6-13(2)24-14(3)7-20/h4,13-16,22H,5-11H2,1-3H3. The smallest absolute Gasteiger partial charge is 0.230 e. The maximum absolute atomic E-state index is 12.6. The van der Waals surface area contributed by atoms with Crippen molar-refractivity contribution >= 4 is 5.91 Å². The fraction of sp³-hybridized carbons (Fsp3) is 0.778. The molecule has 2 aliphatic rings. The number of aromatic nitrogens is 1. The van der Waals surface area contributed by atoms with Crippen molar-refractivity contribution in [2.24, 2.45) is 11.8 Å². The van der Waals surface area contributed by atoms with Gasteiger partial charge in [0, 0.05) is 51.3 Å². The molecule has 3 rings (SSSR count). The number of carbonyl (C=O) groups is 1. The lowest BCUT2D eigenvalue weighted by Crippen LogP contribution is -2.48. The number of nitrogens with zero attached hydrogens (tertiary/aromatic N) is 3. The van der Waals surface area contributed by atoms with Gasteiger partial charge in [0.05, 0.1) is 24.3 Å². The average molecular weight is 351 g/mol. The minimum atomic E-state index is 0.0424. The fourth-order valence-corrected chi connectivity index (χ4v) is 4.08. The van der Waals surface area contributed by atoms with Gasteiger partial charge in [0.1, 0.15) is 5.76 Å². The van der Waals surface area contributed by atoms with Gasteiger partial charge in [-0.05, 0) is 26.7 Å². The van der Waals surface area contributed by atoms with E-state index in [1.807, 2.05) is 11.8 Å². The summed E-state index contributed by atoms with van der Waals surface area (Å²) in [6, 6.07) is 1.80. The highest BCUT2D eigenvalue weighted by Gasteiger charge is 2.37. The first-order valence-corrected chi connectivity index (χ1v) is 9.13. The maximum atomic E-state index is 12.6. The van der Waals surface area contributed by atoms with Crippen LogP contribution in [0.1, 0.15) is 25.3 Å². The zero-order valence-electron chi connectivity index (χ0n) is 15.4. The predicted octanol–water partition coefficient (Wildman–Crippen LogP) is 0.702. The lowest BCUT2D eigenvalue weighted by Gasteiger charge is -2.37. The molecule has 0 bridgehead atoms. The number of amides is 1.